The Labute approximate surface area is 498 Å². The van der Waals surface area contributed by atoms with Crippen LogP contribution < -0.4 is 0 Å². The van der Waals surface area contributed by atoms with Gasteiger partial charge in [0.05, 0.1) is 0 Å². The summed E-state index contributed by atoms with van der Waals surface area (Å²) >= 11 is 0. The van der Waals surface area contributed by atoms with Crippen molar-refractivity contribution < 1.29 is 28.6 Å². The molecule has 0 heterocycles. The molecule has 0 saturated carbocycles. The molecular weight excluding hydrogens is 985 g/mol. The summed E-state index contributed by atoms with van der Waals surface area (Å²) in [7, 11) is 0. The second-order valence-electron chi connectivity index (χ2n) is 23.8. The Hall–Kier alpha value is -2.89. The largest absolute Gasteiger partial charge is 0.462 e. The van der Waals surface area contributed by atoms with Gasteiger partial charge in [0.1, 0.15) is 13.2 Å². The molecule has 0 aliphatic carbocycles. The van der Waals surface area contributed by atoms with E-state index in [1.165, 1.54) is 250 Å². The number of carbonyl (C=O) groups is 3. The Kier molecular flexibility index (Phi) is 66.1. The van der Waals surface area contributed by atoms with Crippen LogP contribution in [0.15, 0.2) is 60.8 Å². The van der Waals surface area contributed by atoms with E-state index < -0.39 is 6.10 Å². The van der Waals surface area contributed by atoms with Crippen LogP contribution in [0.4, 0.5) is 0 Å². The molecule has 0 aliphatic rings. The van der Waals surface area contributed by atoms with Gasteiger partial charge in [-0.15, -0.1) is 0 Å². The van der Waals surface area contributed by atoms with Gasteiger partial charge in [0.25, 0.3) is 0 Å². The monoisotopic (exact) mass is 1120 g/mol. The highest BCUT2D eigenvalue weighted by molar-refractivity contribution is 5.71. The van der Waals surface area contributed by atoms with Crippen molar-refractivity contribution in [3.8, 4) is 0 Å². The maximum atomic E-state index is 12.9. The molecule has 0 rings (SSSR count). The Balaban J connectivity index is 4.16. The normalized spacial score (nSPS) is 12.4. The summed E-state index contributed by atoms with van der Waals surface area (Å²) in [6, 6.07) is 0. The third-order valence-corrected chi connectivity index (χ3v) is 15.8. The number of ether oxygens (including phenoxy) is 3. The van der Waals surface area contributed by atoms with Gasteiger partial charge in [0.15, 0.2) is 6.10 Å². The number of hydrogen-bond acceptors (Lipinski definition) is 6. The van der Waals surface area contributed by atoms with Gasteiger partial charge < -0.3 is 14.2 Å². The van der Waals surface area contributed by atoms with E-state index in [1.807, 2.05) is 0 Å². The van der Waals surface area contributed by atoms with Gasteiger partial charge >= 0.3 is 17.9 Å². The molecule has 80 heavy (non-hydrogen) atoms. The van der Waals surface area contributed by atoms with Gasteiger partial charge in [-0.1, -0.05) is 332 Å². The predicted molar refractivity (Wildman–Crippen MR) is 348 cm³/mol. The summed E-state index contributed by atoms with van der Waals surface area (Å²) < 4.78 is 17.0. The third-order valence-electron chi connectivity index (χ3n) is 15.8. The van der Waals surface area contributed by atoms with Crippen LogP contribution in [0.1, 0.15) is 374 Å². The molecule has 0 N–H and O–H groups in total. The fourth-order valence-electron chi connectivity index (χ4n) is 10.5. The van der Waals surface area contributed by atoms with Gasteiger partial charge in [0.2, 0.25) is 0 Å². The van der Waals surface area contributed by atoms with Gasteiger partial charge in [-0.2, -0.15) is 0 Å². The number of esters is 3. The van der Waals surface area contributed by atoms with E-state index >= 15 is 0 Å². The number of hydrogen-bond donors (Lipinski definition) is 0. The summed E-state index contributed by atoms with van der Waals surface area (Å²) in [5.41, 5.74) is 0. The fourth-order valence-corrected chi connectivity index (χ4v) is 10.5. The molecule has 1 unspecified atom stereocenters. The van der Waals surface area contributed by atoms with Crippen molar-refractivity contribution in [3.05, 3.63) is 60.8 Å². The minimum atomic E-state index is -0.772. The standard InChI is InChI=1S/C74H134O6/c1-4-7-10-13-16-19-22-24-26-28-30-32-34-36-37-39-40-42-44-46-48-50-52-55-58-61-64-67-73(76)79-70-71(69-78-72(75)66-63-60-57-54-21-18-15-12-9-6-3)80-74(77)68-65-62-59-56-53-51-49-47-45-43-41-38-35-33-31-29-27-25-23-20-17-14-11-8-5-2/h7,10,16,19,24,26,29-32,71H,4-6,8-9,11-15,17-18,20-23,25,27-28,33-70H2,1-3H3/b10-7-,19-16-,26-24-,31-29-,32-30-. The molecular formula is C74H134O6. The van der Waals surface area contributed by atoms with Gasteiger partial charge in [0, 0.05) is 19.3 Å². The van der Waals surface area contributed by atoms with E-state index in [2.05, 4.69) is 81.5 Å². The van der Waals surface area contributed by atoms with Gasteiger partial charge in [-0.05, 0) is 83.5 Å². The van der Waals surface area contributed by atoms with E-state index in [0.717, 1.165) is 83.5 Å². The summed E-state index contributed by atoms with van der Waals surface area (Å²) in [6.45, 7) is 6.57. The quantitative estimate of drug-likeness (QED) is 0.0261. The molecule has 6 nitrogen and oxygen atoms in total. The lowest BCUT2D eigenvalue weighted by molar-refractivity contribution is -0.167. The first kappa shape index (κ1) is 77.1. The molecule has 0 saturated heterocycles. The number of carbonyl (C=O) groups excluding carboxylic acids is 3. The van der Waals surface area contributed by atoms with Crippen molar-refractivity contribution in [1.29, 1.82) is 0 Å². The molecule has 0 aromatic rings. The molecule has 0 amide bonds. The van der Waals surface area contributed by atoms with Crippen molar-refractivity contribution in [2.24, 2.45) is 0 Å². The maximum absolute atomic E-state index is 12.9. The van der Waals surface area contributed by atoms with Crippen LogP contribution in [-0.4, -0.2) is 37.2 Å². The van der Waals surface area contributed by atoms with E-state index in [9.17, 15) is 14.4 Å². The number of rotatable bonds is 65. The zero-order valence-corrected chi connectivity index (χ0v) is 53.6. The highest BCUT2D eigenvalue weighted by Gasteiger charge is 2.19. The molecule has 1 atom stereocenters. The SMILES string of the molecule is CC/C=C\C/C=C\C/C=C\C/C=C\CCCCCCCCCCCCCCCCC(=O)OCC(COC(=O)CCCCCCCCCCCC)OC(=O)CCCCCCCCCCCCCCC/C=C\CCCCCCCCCC. The smallest absolute Gasteiger partial charge is 0.306 e. The molecule has 466 valence electrons. The highest BCUT2D eigenvalue weighted by atomic mass is 16.6. The van der Waals surface area contributed by atoms with Crippen LogP contribution in [0.2, 0.25) is 0 Å². The molecule has 0 bridgehead atoms. The number of unbranched alkanes of at least 4 members (excludes halogenated alkanes) is 44. The summed E-state index contributed by atoms with van der Waals surface area (Å²) in [4.78, 5) is 38.3. The second-order valence-corrected chi connectivity index (χ2v) is 23.8. The fraction of sp³-hybridized carbons (Fsp3) is 0.824. The van der Waals surface area contributed by atoms with Crippen LogP contribution in [0, 0.1) is 0 Å². The van der Waals surface area contributed by atoms with Crippen molar-refractivity contribution >= 4 is 17.9 Å². The molecule has 0 fully saturated rings. The summed E-state index contributed by atoms with van der Waals surface area (Å²) in [6.07, 6.45) is 88.3. The maximum Gasteiger partial charge on any atom is 0.306 e. The van der Waals surface area contributed by atoms with Crippen LogP contribution in [0.3, 0.4) is 0 Å². The molecule has 0 aromatic heterocycles. The first-order valence-corrected chi connectivity index (χ1v) is 35.3. The summed E-state index contributed by atoms with van der Waals surface area (Å²) in [5, 5.41) is 0. The lowest BCUT2D eigenvalue weighted by Crippen LogP contribution is -2.30. The topological polar surface area (TPSA) is 78.9 Å². The zero-order valence-electron chi connectivity index (χ0n) is 53.6. The first-order valence-electron chi connectivity index (χ1n) is 35.3. The third kappa shape index (κ3) is 65.9. The average Bonchev–Trinajstić information content (AvgIpc) is 3.46. The van der Waals surface area contributed by atoms with Crippen LogP contribution >= 0.6 is 0 Å². The minimum absolute atomic E-state index is 0.0690. The average molecular weight is 1120 g/mol. The zero-order chi connectivity index (χ0) is 57.8. The van der Waals surface area contributed by atoms with E-state index in [0.29, 0.717) is 19.3 Å². The lowest BCUT2D eigenvalue weighted by atomic mass is 10.0. The molecule has 6 heteroatoms. The van der Waals surface area contributed by atoms with Crippen LogP contribution in [0.25, 0.3) is 0 Å². The van der Waals surface area contributed by atoms with Gasteiger partial charge in [-0.25, -0.2) is 0 Å². The second kappa shape index (κ2) is 68.6. The van der Waals surface area contributed by atoms with Crippen LogP contribution in [0.5, 0.6) is 0 Å². The molecule has 0 radical (unpaired) electrons. The minimum Gasteiger partial charge on any atom is -0.462 e. The number of allylic oxidation sites excluding steroid dienone is 10. The van der Waals surface area contributed by atoms with E-state index in [-0.39, 0.29) is 31.1 Å². The Morgan fingerprint density at radius 2 is 0.487 bits per heavy atom. The molecule has 0 aliphatic heterocycles. The lowest BCUT2D eigenvalue weighted by Gasteiger charge is -2.18. The van der Waals surface area contributed by atoms with Gasteiger partial charge in [-0.3, -0.25) is 14.4 Å². The van der Waals surface area contributed by atoms with Crippen LogP contribution in [-0.2, 0) is 28.6 Å². The van der Waals surface area contributed by atoms with Crippen molar-refractivity contribution in [3.63, 3.8) is 0 Å². The first-order chi connectivity index (χ1) is 39.5. The van der Waals surface area contributed by atoms with Crippen molar-refractivity contribution in [2.75, 3.05) is 13.2 Å². The van der Waals surface area contributed by atoms with E-state index in [4.69, 9.17) is 14.2 Å². The Morgan fingerprint density at radius 1 is 0.263 bits per heavy atom. The summed E-state index contributed by atoms with van der Waals surface area (Å²) in [5.74, 6) is -0.848. The van der Waals surface area contributed by atoms with Crippen molar-refractivity contribution in [2.45, 2.75) is 380 Å². The molecule has 0 aromatic carbocycles. The Bertz CT molecular complexity index is 1430. The molecule has 0 spiro atoms. The predicted octanol–water partition coefficient (Wildman–Crippen LogP) is 24.3. The Morgan fingerprint density at radius 3 is 0.775 bits per heavy atom. The van der Waals surface area contributed by atoms with E-state index in [1.54, 1.807) is 0 Å². The highest BCUT2D eigenvalue weighted by Crippen LogP contribution is 2.18. The van der Waals surface area contributed by atoms with Crippen molar-refractivity contribution in [1.82, 2.24) is 0 Å².